The average molecular weight is 477 g/mol. The molecule has 0 spiro atoms. The van der Waals surface area contributed by atoms with Crippen molar-refractivity contribution in [3.8, 4) is 0 Å². The van der Waals surface area contributed by atoms with E-state index in [1.54, 1.807) is 12.3 Å². The Morgan fingerprint density at radius 1 is 1.18 bits per heavy atom. The molecule has 0 aliphatic carbocycles. The maximum Gasteiger partial charge on any atom is 0.401 e. The van der Waals surface area contributed by atoms with Crippen LogP contribution >= 0.6 is 0 Å². The van der Waals surface area contributed by atoms with Crippen LogP contribution < -0.4 is 5.32 Å². The van der Waals surface area contributed by atoms with Gasteiger partial charge in [-0.2, -0.15) is 13.2 Å². The van der Waals surface area contributed by atoms with E-state index in [0.717, 1.165) is 25.1 Å². The van der Waals surface area contributed by atoms with Crippen LogP contribution in [0.25, 0.3) is 0 Å². The molecule has 2 aliphatic rings. The number of pyridine rings is 1. The second-order valence-corrected chi connectivity index (χ2v) is 9.41. The predicted octanol–water partition coefficient (Wildman–Crippen LogP) is 2.66. The number of hydrogen-bond donors (Lipinski definition) is 2. The number of fused-ring (bicyclic) bond motifs is 1. The van der Waals surface area contributed by atoms with Crippen LogP contribution in [0.15, 0.2) is 42.7 Å². The Balaban J connectivity index is 1.23. The van der Waals surface area contributed by atoms with E-state index >= 15 is 0 Å². The van der Waals surface area contributed by atoms with Gasteiger partial charge in [-0.25, -0.2) is 0 Å². The number of aliphatic hydroxyl groups excluding tert-OH is 1. The summed E-state index contributed by atoms with van der Waals surface area (Å²) >= 11 is 0. The van der Waals surface area contributed by atoms with Gasteiger partial charge in [-0.1, -0.05) is 24.3 Å². The summed E-state index contributed by atoms with van der Waals surface area (Å²) in [7, 11) is 0. The molecule has 0 saturated carbocycles. The maximum absolute atomic E-state index is 12.6. The van der Waals surface area contributed by atoms with Gasteiger partial charge in [0.05, 0.1) is 18.2 Å². The van der Waals surface area contributed by atoms with Crippen molar-refractivity contribution in [1.29, 1.82) is 0 Å². The van der Waals surface area contributed by atoms with Crippen molar-refractivity contribution in [1.82, 2.24) is 20.1 Å². The molecule has 2 atom stereocenters. The van der Waals surface area contributed by atoms with Crippen molar-refractivity contribution in [2.24, 2.45) is 5.92 Å². The Bertz CT molecular complexity index is 985. The highest BCUT2D eigenvalue weighted by Crippen LogP contribution is 2.25. The van der Waals surface area contributed by atoms with E-state index in [2.05, 4.69) is 27.3 Å². The summed E-state index contributed by atoms with van der Waals surface area (Å²) in [5.41, 5.74) is 3.84. The molecular formula is C25H31F3N4O2. The lowest BCUT2D eigenvalue weighted by molar-refractivity contribution is -0.143. The number of alkyl halides is 3. The third-order valence-corrected chi connectivity index (χ3v) is 6.53. The number of aliphatic hydroxyl groups is 1. The van der Waals surface area contributed by atoms with Gasteiger partial charge in [0.25, 0.3) is 5.91 Å². The standard InChI is InChI=1S/C25H31F3N4O2/c26-25(27,28)17-32-7-5-18(14-32)9-19-10-22(12-29-11-19)24(34)30-13-23(33)16-31-8-6-20-3-1-2-4-21(20)15-31/h1-4,10-12,18,23,33H,5-9,13-17H2,(H,30,34)/t18?,23-/m0/s1. The minimum absolute atomic E-state index is 0.110. The van der Waals surface area contributed by atoms with Gasteiger partial charge >= 0.3 is 6.18 Å². The van der Waals surface area contributed by atoms with Crippen molar-refractivity contribution >= 4 is 5.91 Å². The molecule has 2 aliphatic heterocycles. The first-order valence-corrected chi connectivity index (χ1v) is 11.7. The molecular weight excluding hydrogens is 445 g/mol. The van der Waals surface area contributed by atoms with Crippen LogP contribution in [0.5, 0.6) is 0 Å². The Kier molecular flexibility index (Phi) is 7.85. The summed E-state index contributed by atoms with van der Waals surface area (Å²) in [5.74, 6) is -0.207. The molecule has 1 aromatic carbocycles. The van der Waals surface area contributed by atoms with E-state index in [1.165, 1.54) is 22.2 Å². The number of rotatable bonds is 8. The number of nitrogens with zero attached hydrogens (tertiary/aromatic N) is 3. The van der Waals surface area contributed by atoms with Crippen LogP contribution in [0.4, 0.5) is 13.2 Å². The molecule has 2 aromatic rings. The van der Waals surface area contributed by atoms with Gasteiger partial charge in [0, 0.05) is 45.1 Å². The average Bonchev–Trinajstić information content (AvgIpc) is 3.22. The summed E-state index contributed by atoms with van der Waals surface area (Å²) in [6, 6.07) is 10.0. The van der Waals surface area contributed by atoms with Gasteiger partial charge in [-0.15, -0.1) is 0 Å². The quantitative estimate of drug-likeness (QED) is 0.613. The minimum Gasteiger partial charge on any atom is -0.390 e. The number of halogens is 3. The Hall–Kier alpha value is -2.49. The topological polar surface area (TPSA) is 68.7 Å². The molecule has 1 aromatic heterocycles. The lowest BCUT2D eigenvalue weighted by Gasteiger charge is -2.30. The SMILES string of the molecule is O=C(NC[C@H](O)CN1CCc2ccccc2C1)c1cncc(CC2CCN(CC(F)(F)F)C2)c1. The van der Waals surface area contributed by atoms with Crippen molar-refractivity contribution in [3.05, 3.63) is 65.0 Å². The van der Waals surface area contributed by atoms with Crippen molar-refractivity contribution in [2.45, 2.75) is 38.1 Å². The number of carbonyl (C=O) groups is 1. The molecule has 184 valence electrons. The zero-order valence-electron chi connectivity index (χ0n) is 19.1. The number of hydrogen-bond acceptors (Lipinski definition) is 5. The third-order valence-electron chi connectivity index (χ3n) is 6.53. The lowest BCUT2D eigenvalue weighted by Crippen LogP contribution is -2.42. The van der Waals surface area contributed by atoms with Crippen LogP contribution in [-0.2, 0) is 19.4 Å². The molecule has 6 nitrogen and oxygen atoms in total. The fraction of sp³-hybridized carbons (Fsp3) is 0.520. The van der Waals surface area contributed by atoms with Crippen molar-refractivity contribution < 1.29 is 23.1 Å². The van der Waals surface area contributed by atoms with Crippen LogP contribution in [0, 0.1) is 5.92 Å². The first-order valence-electron chi connectivity index (χ1n) is 11.7. The number of aromatic nitrogens is 1. The smallest absolute Gasteiger partial charge is 0.390 e. The summed E-state index contributed by atoms with van der Waals surface area (Å²) in [6.45, 7) is 2.21. The minimum atomic E-state index is -4.18. The molecule has 0 radical (unpaired) electrons. The van der Waals surface area contributed by atoms with E-state index in [9.17, 15) is 23.1 Å². The zero-order chi connectivity index (χ0) is 24.1. The van der Waals surface area contributed by atoms with E-state index in [4.69, 9.17) is 0 Å². The number of benzene rings is 1. The largest absolute Gasteiger partial charge is 0.401 e. The fourth-order valence-corrected chi connectivity index (χ4v) is 4.92. The van der Waals surface area contributed by atoms with Crippen LogP contribution in [-0.4, -0.2) is 77.3 Å². The normalized spacial score (nSPS) is 20.2. The second kappa shape index (κ2) is 10.8. The number of nitrogens with one attached hydrogen (secondary N) is 1. The molecule has 1 saturated heterocycles. The van der Waals surface area contributed by atoms with E-state index in [0.29, 0.717) is 38.0 Å². The molecule has 1 unspecified atom stereocenters. The predicted molar refractivity (Wildman–Crippen MR) is 122 cm³/mol. The number of carbonyl (C=O) groups excluding carboxylic acids is 1. The fourth-order valence-electron chi connectivity index (χ4n) is 4.92. The molecule has 3 heterocycles. The second-order valence-electron chi connectivity index (χ2n) is 9.41. The van der Waals surface area contributed by atoms with E-state index in [-0.39, 0.29) is 18.4 Å². The number of β-amino-alcohol motifs (C(OH)–C–C–N with tert-alkyl or cyclic N) is 1. The van der Waals surface area contributed by atoms with Crippen molar-refractivity contribution in [2.75, 3.05) is 39.3 Å². The van der Waals surface area contributed by atoms with Gasteiger partial charge in [-0.05, 0) is 54.5 Å². The molecule has 1 fully saturated rings. The molecule has 2 N–H and O–H groups in total. The number of amides is 1. The van der Waals surface area contributed by atoms with Gasteiger partial charge in [0.15, 0.2) is 0 Å². The van der Waals surface area contributed by atoms with Gasteiger partial charge in [-0.3, -0.25) is 19.6 Å². The molecule has 1 amide bonds. The summed E-state index contributed by atoms with van der Waals surface area (Å²) in [5, 5.41) is 13.2. The maximum atomic E-state index is 12.6. The highest BCUT2D eigenvalue weighted by atomic mass is 19.4. The van der Waals surface area contributed by atoms with Crippen LogP contribution in [0.1, 0.15) is 33.5 Å². The van der Waals surface area contributed by atoms with Gasteiger partial charge in [0.1, 0.15) is 0 Å². The molecule has 9 heteroatoms. The highest BCUT2D eigenvalue weighted by molar-refractivity contribution is 5.94. The highest BCUT2D eigenvalue weighted by Gasteiger charge is 2.34. The molecule has 34 heavy (non-hydrogen) atoms. The third kappa shape index (κ3) is 7.01. The summed E-state index contributed by atoms with van der Waals surface area (Å²) in [6.07, 6.45) is 0.480. The van der Waals surface area contributed by atoms with Gasteiger partial charge < -0.3 is 10.4 Å². The monoisotopic (exact) mass is 476 g/mol. The Morgan fingerprint density at radius 3 is 2.76 bits per heavy atom. The lowest BCUT2D eigenvalue weighted by atomic mass is 9.99. The van der Waals surface area contributed by atoms with Crippen LogP contribution in [0.3, 0.4) is 0 Å². The van der Waals surface area contributed by atoms with E-state index in [1.807, 2.05) is 12.1 Å². The molecule has 0 bridgehead atoms. The van der Waals surface area contributed by atoms with Gasteiger partial charge in [0.2, 0.25) is 0 Å². The first-order chi connectivity index (χ1) is 16.2. The van der Waals surface area contributed by atoms with Crippen molar-refractivity contribution in [3.63, 3.8) is 0 Å². The number of likely N-dealkylation sites (tertiary alicyclic amines) is 1. The summed E-state index contributed by atoms with van der Waals surface area (Å²) < 4.78 is 37.8. The molecule has 4 rings (SSSR count). The Labute approximate surface area is 197 Å². The summed E-state index contributed by atoms with van der Waals surface area (Å²) in [4.78, 5) is 20.4. The Morgan fingerprint density at radius 2 is 1.97 bits per heavy atom. The van der Waals surface area contributed by atoms with Crippen LogP contribution in [0.2, 0.25) is 0 Å². The first kappa shape index (κ1) is 24.6. The zero-order valence-corrected chi connectivity index (χ0v) is 19.1. The van der Waals surface area contributed by atoms with E-state index < -0.39 is 18.8 Å².